The smallest absolute Gasteiger partial charge is 0.228 e. The maximum atomic E-state index is 13.2. The van der Waals surface area contributed by atoms with Gasteiger partial charge in [-0.25, -0.2) is 9.97 Å². The lowest BCUT2D eigenvalue weighted by molar-refractivity contribution is -0.136. The highest BCUT2D eigenvalue weighted by Gasteiger charge is 2.38. The molecule has 0 aliphatic carbocycles. The number of nitrogens with zero attached hydrogens (tertiary/aromatic N) is 8. The SMILES string of the molecule is Cc1ccc(-n2nnc3c(N4CCN(C(=O)[C@@H]5CC(=O)N(c6ccccc6)C5)CC4)ncnc32)cc1. The van der Waals surface area contributed by atoms with E-state index in [-0.39, 0.29) is 24.2 Å². The van der Waals surface area contributed by atoms with Crippen molar-refractivity contribution in [2.75, 3.05) is 42.5 Å². The lowest BCUT2D eigenvalue weighted by Gasteiger charge is -2.36. The molecule has 36 heavy (non-hydrogen) atoms. The van der Waals surface area contributed by atoms with E-state index in [4.69, 9.17) is 0 Å². The van der Waals surface area contributed by atoms with Gasteiger partial charge in [0, 0.05) is 44.8 Å². The van der Waals surface area contributed by atoms with Crippen LogP contribution in [0.1, 0.15) is 12.0 Å². The highest BCUT2D eigenvalue weighted by atomic mass is 16.2. The lowest BCUT2D eigenvalue weighted by Crippen LogP contribution is -2.51. The van der Waals surface area contributed by atoms with Crippen molar-refractivity contribution >= 4 is 34.5 Å². The van der Waals surface area contributed by atoms with Crippen molar-refractivity contribution < 1.29 is 9.59 Å². The van der Waals surface area contributed by atoms with Gasteiger partial charge in [0.2, 0.25) is 11.8 Å². The molecule has 2 aliphatic heterocycles. The fraction of sp³-hybridized carbons (Fsp3) is 0.308. The van der Waals surface area contributed by atoms with Crippen LogP contribution in [0.25, 0.3) is 16.9 Å². The van der Waals surface area contributed by atoms with E-state index in [1.807, 2.05) is 66.4 Å². The minimum absolute atomic E-state index is 0.00164. The van der Waals surface area contributed by atoms with Crippen LogP contribution in [0.3, 0.4) is 0 Å². The summed E-state index contributed by atoms with van der Waals surface area (Å²) in [5, 5.41) is 8.70. The Labute approximate surface area is 208 Å². The number of benzene rings is 2. The Hall–Kier alpha value is -4.34. The molecule has 1 atom stereocenters. The summed E-state index contributed by atoms with van der Waals surface area (Å²) in [6.45, 7) is 4.84. The molecule has 10 nitrogen and oxygen atoms in total. The molecule has 4 aromatic rings. The van der Waals surface area contributed by atoms with Gasteiger partial charge in [-0.15, -0.1) is 5.10 Å². The Morgan fingerprint density at radius 1 is 0.917 bits per heavy atom. The number of aromatic nitrogens is 5. The molecule has 2 aromatic carbocycles. The Kier molecular flexibility index (Phi) is 5.55. The number of hydrogen-bond acceptors (Lipinski definition) is 7. The number of rotatable bonds is 4. The van der Waals surface area contributed by atoms with Gasteiger partial charge < -0.3 is 14.7 Å². The van der Waals surface area contributed by atoms with E-state index in [1.165, 1.54) is 11.9 Å². The third kappa shape index (κ3) is 3.94. The van der Waals surface area contributed by atoms with Crippen LogP contribution in [0.15, 0.2) is 60.9 Å². The van der Waals surface area contributed by atoms with E-state index in [9.17, 15) is 9.59 Å². The Balaban J connectivity index is 1.14. The minimum atomic E-state index is -0.315. The molecule has 182 valence electrons. The van der Waals surface area contributed by atoms with E-state index < -0.39 is 0 Å². The number of carbonyl (C=O) groups excluding carboxylic acids is 2. The zero-order valence-electron chi connectivity index (χ0n) is 20.0. The van der Waals surface area contributed by atoms with Crippen molar-refractivity contribution in [3.63, 3.8) is 0 Å². The standard InChI is InChI=1S/C26H26N8O2/c1-18-7-9-21(10-8-18)34-25-23(29-30-34)24(27-17-28-25)31-11-13-32(14-12-31)26(36)19-15-22(35)33(16-19)20-5-3-2-4-6-20/h2-10,17,19H,11-16H2,1H3/t19-/m1/s1. The number of aryl methyl sites for hydroxylation is 1. The van der Waals surface area contributed by atoms with Crippen LogP contribution in [-0.2, 0) is 9.59 Å². The summed E-state index contributed by atoms with van der Waals surface area (Å²) in [6.07, 6.45) is 1.79. The predicted octanol–water partition coefficient (Wildman–Crippen LogP) is 2.22. The molecule has 0 bridgehead atoms. The van der Waals surface area contributed by atoms with Gasteiger partial charge in [-0.1, -0.05) is 41.1 Å². The number of amides is 2. The van der Waals surface area contributed by atoms with Crippen LogP contribution in [0, 0.1) is 12.8 Å². The topological polar surface area (TPSA) is 100 Å². The highest BCUT2D eigenvalue weighted by Crippen LogP contribution is 2.28. The van der Waals surface area contributed by atoms with Crippen molar-refractivity contribution in [1.82, 2.24) is 29.9 Å². The number of fused-ring (bicyclic) bond motifs is 1. The number of carbonyl (C=O) groups is 2. The van der Waals surface area contributed by atoms with Gasteiger partial charge in [-0.2, -0.15) is 4.68 Å². The van der Waals surface area contributed by atoms with Gasteiger partial charge in [0.25, 0.3) is 0 Å². The molecule has 0 spiro atoms. The average molecular weight is 483 g/mol. The maximum Gasteiger partial charge on any atom is 0.228 e. The largest absolute Gasteiger partial charge is 0.351 e. The average Bonchev–Trinajstić information content (AvgIpc) is 3.53. The molecular weight excluding hydrogens is 456 g/mol. The van der Waals surface area contributed by atoms with Crippen molar-refractivity contribution in [2.24, 2.45) is 5.92 Å². The first-order valence-electron chi connectivity index (χ1n) is 12.1. The third-order valence-electron chi connectivity index (χ3n) is 6.93. The molecule has 0 radical (unpaired) electrons. The Bertz CT molecular complexity index is 1410. The van der Waals surface area contributed by atoms with Crippen LogP contribution >= 0.6 is 0 Å². The molecule has 2 saturated heterocycles. The molecule has 0 unspecified atom stereocenters. The molecule has 4 heterocycles. The fourth-order valence-electron chi connectivity index (χ4n) is 4.96. The zero-order valence-corrected chi connectivity index (χ0v) is 20.0. The molecule has 2 aliphatic rings. The van der Waals surface area contributed by atoms with E-state index in [0.717, 1.165) is 17.2 Å². The summed E-state index contributed by atoms with van der Waals surface area (Å²) in [5.41, 5.74) is 4.18. The highest BCUT2D eigenvalue weighted by molar-refractivity contribution is 6.00. The molecule has 2 aromatic heterocycles. The van der Waals surface area contributed by atoms with Gasteiger partial charge in [0.15, 0.2) is 17.0 Å². The van der Waals surface area contributed by atoms with Crippen molar-refractivity contribution in [2.45, 2.75) is 13.3 Å². The van der Waals surface area contributed by atoms with Gasteiger partial charge in [0.1, 0.15) is 6.33 Å². The van der Waals surface area contributed by atoms with Crippen molar-refractivity contribution in [3.05, 3.63) is 66.5 Å². The summed E-state index contributed by atoms with van der Waals surface area (Å²) in [6, 6.07) is 17.6. The summed E-state index contributed by atoms with van der Waals surface area (Å²) < 4.78 is 1.72. The van der Waals surface area contributed by atoms with E-state index in [2.05, 4.69) is 25.2 Å². The molecule has 0 N–H and O–H groups in total. The van der Waals surface area contributed by atoms with Crippen LogP contribution in [0.2, 0.25) is 0 Å². The van der Waals surface area contributed by atoms with Crippen molar-refractivity contribution in [1.29, 1.82) is 0 Å². The first-order chi connectivity index (χ1) is 17.6. The fourth-order valence-corrected chi connectivity index (χ4v) is 4.96. The molecule has 0 saturated carbocycles. The number of hydrogen-bond donors (Lipinski definition) is 0. The van der Waals surface area contributed by atoms with E-state index in [1.54, 1.807) is 9.58 Å². The van der Waals surface area contributed by atoms with E-state index >= 15 is 0 Å². The predicted molar refractivity (Wildman–Crippen MR) is 135 cm³/mol. The quantitative estimate of drug-likeness (QED) is 0.440. The second-order valence-electron chi connectivity index (χ2n) is 9.26. The lowest BCUT2D eigenvalue weighted by atomic mass is 10.1. The van der Waals surface area contributed by atoms with Crippen LogP contribution in [0.5, 0.6) is 0 Å². The second kappa shape index (κ2) is 9.03. The maximum absolute atomic E-state index is 13.2. The zero-order chi connectivity index (χ0) is 24.6. The molecule has 6 rings (SSSR count). The molecule has 2 amide bonds. The number of para-hydroxylation sites is 1. The second-order valence-corrected chi connectivity index (χ2v) is 9.26. The number of piperazine rings is 1. The molecule has 2 fully saturated rings. The summed E-state index contributed by atoms with van der Waals surface area (Å²) in [7, 11) is 0. The minimum Gasteiger partial charge on any atom is -0.351 e. The van der Waals surface area contributed by atoms with Gasteiger partial charge in [0.05, 0.1) is 11.6 Å². The summed E-state index contributed by atoms with van der Waals surface area (Å²) in [4.78, 5) is 40.4. The van der Waals surface area contributed by atoms with Gasteiger partial charge >= 0.3 is 0 Å². The first kappa shape index (κ1) is 22.1. The van der Waals surface area contributed by atoms with Crippen molar-refractivity contribution in [3.8, 4) is 5.69 Å². The molecule has 10 heteroatoms. The summed E-state index contributed by atoms with van der Waals surface area (Å²) >= 11 is 0. The van der Waals surface area contributed by atoms with Crippen LogP contribution < -0.4 is 9.80 Å². The Morgan fingerprint density at radius 3 is 2.42 bits per heavy atom. The monoisotopic (exact) mass is 482 g/mol. The first-order valence-corrected chi connectivity index (χ1v) is 12.1. The molecular formula is C26H26N8O2. The van der Waals surface area contributed by atoms with Crippen LogP contribution in [0.4, 0.5) is 11.5 Å². The third-order valence-corrected chi connectivity index (χ3v) is 6.93. The van der Waals surface area contributed by atoms with Gasteiger partial charge in [-0.3, -0.25) is 9.59 Å². The van der Waals surface area contributed by atoms with Gasteiger partial charge in [-0.05, 0) is 31.2 Å². The van der Waals surface area contributed by atoms with Crippen LogP contribution in [-0.4, -0.2) is 74.4 Å². The summed E-state index contributed by atoms with van der Waals surface area (Å²) in [5.74, 6) is 0.444. The normalized spacial score (nSPS) is 18.3. The Morgan fingerprint density at radius 2 is 1.67 bits per heavy atom. The van der Waals surface area contributed by atoms with E-state index in [0.29, 0.717) is 43.9 Å². The number of anilines is 2.